The van der Waals surface area contributed by atoms with Gasteiger partial charge in [0.15, 0.2) is 0 Å². The second kappa shape index (κ2) is 6.88. The second-order valence-corrected chi connectivity index (χ2v) is 5.28. The van der Waals surface area contributed by atoms with E-state index in [9.17, 15) is 9.18 Å². The van der Waals surface area contributed by atoms with E-state index in [1.807, 2.05) is 42.5 Å². The Morgan fingerprint density at radius 2 is 1.48 bits per heavy atom. The highest BCUT2D eigenvalue weighted by Gasteiger charge is 2.09. The Hall–Kier alpha value is -2.94. The normalized spacial score (nSPS) is 10.3. The SMILES string of the molecule is O=C(Nc1ccccc1Cc1ccccc1)c1ccc(F)cc1. The minimum atomic E-state index is -0.356. The smallest absolute Gasteiger partial charge is 0.255 e. The zero-order valence-electron chi connectivity index (χ0n) is 12.5. The zero-order chi connectivity index (χ0) is 16.1. The van der Waals surface area contributed by atoms with Crippen molar-refractivity contribution >= 4 is 11.6 Å². The molecule has 3 rings (SSSR count). The molecule has 0 aliphatic heterocycles. The number of amides is 1. The summed E-state index contributed by atoms with van der Waals surface area (Å²) in [6, 6.07) is 23.3. The first-order chi connectivity index (χ1) is 11.2. The van der Waals surface area contributed by atoms with Gasteiger partial charge in [0.25, 0.3) is 5.91 Å². The summed E-state index contributed by atoms with van der Waals surface area (Å²) in [5, 5.41) is 2.91. The van der Waals surface area contributed by atoms with Crippen molar-refractivity contribution in [3.8, 4) is 0 Å². The summed E-state index contributed by atoms with van der Waals surface area (Å²) >= 11 is 0. The Morgan fingerprint density at radius 1 is 0.826 bits per heavy atom. The van der Waals surface area contributed by atoms with Crippen LogP contribution in [0.3, 0.4) is 0 Å². The lowest BCUT2D eigenvalue weighted by Gasteiger charge is -2.11. The fraction of sp³-hybridized carbons (Fsp3) is 0.0500. The van der Waals surface area contributed by atoms with E-state index in [1.165, 1.54) is 29.8 Å². The maximum atomic E-state index is 13.0. The summed E-state index contributed by atoms with van der Waals surface area (Å²) in [6.45, 7) is 0. The van der Waals surface area contributed by atoms with E-state index in [4.69, 9.17) is 0 Å². The van der Waals surface area contributed by atoms with Crippen molar-refractivity contribution in [2.45, 2.75) is 6.42 Å². The van der Waals surface area contributed by atoms with Crippen LogP contribution in [0.25, 0.3) is 0 Å². The van der Waals surface area contributed by atoms with E-state index >= 15 is 0 Å². The highest BCUT2D eigenvalue weighted by atomic mass is 19.1. The fourth-order valence-corrected chi connectivity index (χ4v) is 2.41. The summed E-state index contributed by atoms with van der Waals surface area (Å²) in [5.41, 5.74) is 3.41. The van der Waals surface area contributed by atoms with Crippen LogP contribution in [0.5, 0.6) is 0 Å². The van der Waals surface area contributed by atoms with Crippen LogP contribution in [0.1, 0.15) is 21.5 Å². The lowest BCUT2D eigenvalue weighted by Crippen LogP contribution is -2.13. The van der Waals surface area contributed by atoms with Gasteiger partial charge >= 0.3 is 0 Å². The number of anilines is 1. The van der Waals surface area contributed by atoms with Gasteiger partial charge in [-0.2, -0.15) is 0 Å². The van der Waals surface area contributed by atoms with Crippen LogP contribution in [-0.2, 0) is 6.42 Å². The van der Waals surface area contributed by atoms with Crippen molar-refractivity contribution in [1.29, 1.82) is 0 Å². The van der Waals surface area contributed by atoms with Gasteiger partial charge in [0.05, 0.1) is 0 Å². The molecule has 0 atom stereocenters. The predicted octanol–water partition coefficient (Wildman–Crippen LogP) is 4.67. The first-order valence-electron chi connectivity index (χ1n) is 7.41. The van der Waals surface area contributed by atoms with Crippen LogP contribution in [-0.4, -0.2) is 5.91 Å². The quantitative estimate of drug-likeness (QED) is 0.745. The average Bonchev–Trinajstić information content (AvgIpc) is 2.58. The number of halogens is 1. The van der Waals surface area contributed by atoms with Gasteiger partial charge in [-0.05, 0) is 47.9 Å². The molecule has 2 nitrogen and oxygen atoms in total. The Labute approximate surface area is 134 Å². The summed E-state index contributed by atoms with van der Waals surface area (Å²) in [5.74, 6) is -0.600. The maximum absolute atomic E-state index is 13.0. The summed E-state index contributed by atoms with van der Waals surface area (Å²) < 4.78 is 13.0. The molecule has 0 radical (unpaired) electrons. The van der Waals surface area contributed by atoms with E-state index in [1.54, 1.807) is 0 Å². The minimum Gasteiger partial charge on any atom is -0.322 e. The maximum Gasteiger partial charge on any atom is 0.255 e. The van der Waals surface area contributed by atoms with Gasteiger partial charge in [-0.15, -0.1) is 0 Å². The molecule has 0 saturated heterocycles. The molecular formula is C20H16FNO. The molecule has 0 saturated carbocycles. The van der Waals surface area contributed by atoms with E-state index < -0.39 is 0 Å². The summed E-state index contributed by atoms with van der Waals surface area (Å²) in [4.78, 5) is 12.3. The van der Waals surface area contributed by atoms with Crippen LogP contribution in [0, 0.1) is 5.82 Å². The molecule has 114 valence electrons. The third kappa shape index (κ3) is 3.83. The minimum absolute atomic E-state index is 0.245. The Morgan fingerprint density at radius 3 is 2.22 bits per heavy atom. The van der Waals surface area contributed by atoms with Crippen LogP contribution >= 0.6 is 0 Å². The van der Waals surface area contributed by atoms with Crippen molar-refractivity contribution in [3.05, 3.63) is 101 Å². The molecule has 0 bridgehead atoms. The van der Waals surface area contributed by atoms with E-state index in [-0.39, 0.29) is 11.7 Å². The molecule has 23 heavy (non-hydrogen) atoms. The molecule has 3 heteroatoms. The lowest BCUT2D eigenvalue weighted by atomic mass is 10.0. The molecule has 3 aromatic rings. The van der Waals surface area contributed by atoms with Crippen molar-refractivity contribution in [3.63, 3.8) is 0 Å². The van der Waals surface area contributed by atoms with Gasteiger partial charge in [-0.1, -0.05) is 48.5 Å². The number of hydrogen-bond acceptors (Lipinski definition) is 1. The van der Waals surface area contributed by atoms with Gasteiger partial charge in [-0.25, -0.2) is 4.39 Å². The van der Waals surface area contributed by atoms with Crippen molar-refractivity contribution in [2.24, 2.45) is 0 Å². The van der Waals surface area contributed by atoms with Gasteiger partial charge < -0.3 is 5.32 Å². The lowest BCUT2D eigenvalue weighted by molar-refractivity contribution is 0.102. The molecule has 1 amide bonds. The van der Waals surface area contributed by atoms with E-state index in [2.05, 4.69) is 17.4 Å². The molecule has 3 aromatic carbocycles. The number of rotatable bonds is 4. The monoisotopic (exact) mass is 305 g/mol. The Bertz CT molecular complexity index is 797. The molecule has 0 aliphatic rings. The highest BCUT2D eigenvalue weighted by molar-refractivity contribution is 6.04. The number of hydrogen-bond donors (Lipinski definition) is 1. The van der Waals surface area contributed by atoms with Gasteiger partial charge in [0.2, 0.25) is 0 Å². The topological polar surface area (TPSA) is 29.1 Å². The molecule has 0 unspecified atom stereocenters. The molecule has 1 N–H and O–H groups in total. The first kappa shape index (κ1) is 15.0. The highest BCUT2D eigenvalue weighted by Crippen LogP contribution is 2.20. The van der Waals surface area contributed by atoms with Crippen molar-refractivity contribution < 1.29 is 9.18 Å². The Balaban J connectivity index is 1.80. The summed E-state index contributed by atoms with van der Waals surface area (Å²) in [7, 11) is 0. The van der Waals surface area contributed by atoms with E-state index in [0.717, 1.165) is 17.7 Å². The first-order valence-corrected chi connectivity index (χ1v) is 7.41. The molecule has 0 aromatic heterocycles. The van der Waals surface area contributed by atoms with Crippen LogP contribution < -0.4 is 5.32 Å². The molecule has 0 heterocycles. The van der Waals surface area contributed by atoms with Gasteiger partial charge in [0, 0.05) is 11.3 Å². The number of benzene rings is 3. The van der Waals surface area contributed by atoms with Crippen LogP contribution in [0.15, 0.2) is 78.9 Å². The molecule has 0 spiro atoms. The third-order valence-corrected chi connectivity index (χ3v) is 3.61. The Kier molecular flexibility index (Phi) is 4.48. The number of para-hydroxylation sites is 1. The van der Waals surface area contributed by atoms with Gasteiger partial charge in [0.1, 0.15) is 5.82 Å². The zero-order valence-corrected chi connectivity index (χ0v) is 12.5. The number of nitrogens with one attached hydrogen (secondary N) is 1. The predicted molar refractivity (Wildman–Crippen MR) is 90.0 cm³/mol. The van der Waals surface area contributed by atoms with E-state index in [0.29, 0.717) is 5.56 Å². The average molecular weight is 305 g/mol. The largest absolute Gasteiger partial charge is 0.322 e. The summed E-state index contributed by atoms with van der Waals surface area (Å²) in [6.07, 6.45) is 0.737. The second-order valence-electron chi connectivity index (χ2n) is 5.28. The standard InChI is InChI=1S/C20H16FNO/c21-18-12-10-16(11-13-18)20(23)22-19-9-5-4-8-17(19)14-15-6-2-1-3-7-15/h1-13H,14H2,(H,22,23). The number of carbonyl (C=O) groups is 1. The van der Waals surface area contributed by atoms with Crippen molar-refractivity contribution in [1.82, 2.24) is 0 Å². The van der Waals surface area contributed by atoms with Crippen molar-refractivity contribution in [2.75, 3.05) is 5.32 Å². The van der Waals surface area contributed by atoms with Crippen LogP contribution in [0.4, 0.5) is 10.1 Å². The third-order valence-electron chi connectivity index (χ3n) is 3.61. The number of carbonyl (C=O) groups excluding carboxylic acids is 1. The van der Waals surface area contributed by atoms with Gasteiger partial charge in [-0.3, -0.25) is 4.79 Å². The molecule has 0 fully saturated rings. The fourth-order valence-electron chi connectivity index (χ4n) is 2.41. The van der Waals surface area contributed by atoms with Crippen LogP contribution in [0.2, 0.25) is 0 Å². The molecular weight excluding hydrogens is 289 g/mol. The molecule has 0 aliphatic carbocycles.